The number of unbranched alkanes of at least 4 members (excludes halogenated alkanes) is 1. The van der Waals surface area contributed by atoms with E-state index >= 15 is 0 Å². The van der Waals surface area contributed by atoms with Crippen LogP contribution in [-0.4, -0.2) is 19.8 Å². The van der Waals surface area contributed by atoms with E-state index in [0.717, 1.165) is 38.1 Å². The third-order valence-electron chi connectivity index (χ3n) is 3.07. The molecule has 1 N–H and O–H groups in total. The molecule has 0 heterocycles. The summed E-state index contributed by atoms with van der Waals surface area (Å²) >= 11 is 0. The Morgan fingerprint density at radius 2 is 1.85 bits per heavy atom. The number of halogens is 1. The molecule has 0 bridgehead atoms. The molecule has 1 rings (SSSR count). The van der Waals surface area contributed by atoms with Crippen LogP contribution in [0.4, 0.5) is 4.39 Å². The zero-order chi connectivity index (χ0) is 9.52. The highest BCUT2D eigenvalue weighted by Crippen LogP contribution is 2.29. The Morgan fingerprint density at radius 1 is 1.15 bits per heavy atom. The van der Waals surface area contributed by atoms with Gasteiger partial charge in [-0.3, -0.25) is 0 Å². The van der Waals surface area contributed by atoms with E-state index in [1.165, 1.54) is 19.3 Å². The highest BCUT2D eigenvalue weighted by molar-refractivity contribution is 4.71. The van der Waals surface area contributed by atoms with Gasteiger partial charge in [-0.25, -0.2) is 4.39 Å². The van der Waals surface area contributed by atoms with Crippen LogP contribution in [0, 0.1) is 5.92 Å². The van der Waals surface area contributed by atoms with Crippen LogP contribution in [0.3, 0.4) is 0 Å². The summed E-state index contributed by atoms with van der Waals surface area (Å²) < 4.78 is 12.8. The van der Waals surface area contributed by atoms with Crippen molar-refractivity contribution in [2.24, 2.45) is 5.92 Å². The third-order valence-corrected chi connectivity index (χ3v) is 3.07. The van der Waals surface area contributed by atoms with E-state index in [4.69, 9.17) is 0 Å². The summed E-state index contributed by atoms with van der Waals surface area (Å²) in [5, 5.41) is 3.15. The highest BCUT2D eigenvalue weighted by atomic mass is 19.1. The maximum atomic E-state index is 12.8. The molecule has 1 aliphatic carbocycles. The van der Waals surface area contributed by atoms with Crippen molar-refractivity contribution in [3.8, 4) is 0 Å². The molecule has 0 atom stereocenters. The molecule has 78 valence electrons. The molecule has 0 aliphatic heterocycles. The summed E-state index contributed by atoms with van der Waals surface area (Å²) in [4.78, 5) is 0. The summed E-state index contributed by atoms with van der Waals surface area (Å²) in [5.74, 6) is 0.823. The van der Waals surface area contributed by atoms with Gasteiger partial charge in [0.25, 0.3) is 0 Å². The molecule has 2 heteroatoms. The van der Waals surface area contributed by atoms with Crippen LogP contribution in [0.5, 0.6) is 0 Å². The zero-order valence-corrected chi connectivity index (χ0v) is 8.69. The Balaban J connectivity index is 1.96. The van der Waals surface area contributed by atoms with Crippen LogP contribution in [0.15, 0.2) is 0 Å². The second-order valence-corrected chi connectivity index (χ2v) is 4.22. The molecule has 0 amide bonds. The van der Waals surface area contributed by atoms with Crippen molar-refractivity contribution in [2.45, 2.75) is 51.1 Å². The third kappa shape index (κ3) is 4.61. The molecular formula is C11H22FN. The number of nitrogens with one attached hydrogen (secondary N) is 1. The van der Waals surface area contributed by atoms with Gasteiger partial charge in [0.2, 0.25) is 0 Å². The van der Waals surface area contributed by atoms with Crippen LogP contribution in [0.25, 0.3) is 0 Å². The SMILES string of the molecule is CNCCCCC1CCC(F)CC1. The Kier molecular flexibility index (Phi) is 5.37. The lowest BCUT2D eigenvalue weighted by Crippen LogP contribution is -2.15. The second-order valence-electron chi connectivity index (χ2n) is 4.22. The van der Waals surface area contributed by atoms with Gasteiger partial charge in [0.15, 0.2) is 0 Å². The highest BCUT2D eigenvalue weighted by Gasteiger charge is 2.19. The van der Waals surface area contributed by atoms with Crippen LogP contribution in [0.1, 0.15) is 44.9 Å². The van der Waals surface area contributed by atoms with Crippen molar-refractivity contribution in [2.75, 3.05) is 13.6 Å². The Morgan fingerprint density at radius 3 is 2.46 bits per heavy atom. The first-order valence-electron chi connectivity index (χ1n) is 5.61. The molecule has 0 radical (unpaired) electrons. The predicted octanol–water partition coefficient (Wildman–Crippen LogP) is 2.90. The van der Waals surface area contributed by atoms with Crippen LogP contribution >= 0.6 is 0 Å². The monoisotopic (exact) mass is 187 g/mol. The first-order chi connectivity index (χ1) is 6.33. The summed E-state index contributed by atoms with van der Waals surface area (Å²) in [6.45, 7) is 1.12. The standard InChI is InChI=1S/C11H22FN/c1-13-9-3-2-4-10-5-7-11(12)8-6-10/h10-11,13H,2-9H2,1H3. The lowest BCUT2D eigenvalue weighted by molar-refractivity contribution is 0.199. The van der Waals surface area contributed by atoms with Crippen LogP contribution in [0.2, 0.25) is 0 Å². The molecule has 0 aromatic heterocycles. The number of hydrogen-bond donors (Lipinski definition) is 1. The summed E-state index contributed by atoms with van der Waals surface area (Å²) in [6, 6.07) is 0. The quantitative estimate of drug-likeness (QED) is 0.653. The lowest BCUT2D eigenvalue weighted by atomic mass is 9.85. The molecule has 0 unspecified atom stereocenters. The van der Waals surface area contributed by atoms with Crippen molar-refractivity contribution >= 4 is 0 Å². The number of rotatable bonds is 5. The summed E-state index contributed by atoms with van der Waals surface area (Å²) in [7, 11) is 1.99. The van der Waals surface area contributed by atoms with Crippen molar-refractivity contribution in [1.82, 2.24) is 5.32 Å². The summed E-state index contributed by atoms with van der Waals surface area (Å²) in [5.41, 5.74) is 0. The largest absolute Gasteiger partial charge is 0.320 e. The molecule has 0 spiro atoms. The zero-order valence-electron chi connectivity index (χ0n) is 8.69. The number of alkyl halides is 1. The molecule has 1 nitrogen and oxygen atoms in total. The topological polar surface area (TPSA) is 12.0 Å². The number of hydrogen-bond acceptors (Lipinski definition) is 1. The summed E-state index contributed by atoms with van der Waals surface area (Å²) in [6.07, 6.45) is 7.28. The predicted molar refractivity (Wildman–Crippen MR) is 54.6 cm³/mol. The Labute approximate surface area is 81.1 Å². The second kappa shape index (κ2) is 6.36. The Hall–Kier alpha value is -0.110. The first-order valence-corrected chi connectivity index (χ1v) is 5.61. The van der Waals surface area contributed by atoms with E-state index in [1.54, 1.807) is 0 Å². The van der Waals surface area contributed by atoms with Crippen LogP contribution < -0.4 is 5.32 Å². The minimum atomic E-state index is -0.492. The van der Waals surface area contributed by atoms with E-state index in [1.807, 2.05) is 7.05 Å². The van der Waals surface area contributed by atoms with E-state index in [-0.39, 0.29) is 0 Å². The molecule has 0 aromatic carbocycles. The lowest BCUT2D eigenvalue weighted by Gasteiger charge is -2.23. The van der Waals surface area contributed by atoms with Gasteiger partial charge in [0, 0.05) is 0 Å². The van der Waals surface area contributed by atoms with Gasteiger partial charge < -0.3 is 5.32 Å². The smallest absolute Gasteiger partial charge is 0.100 e. The van der Waals surface area contributed by atoms with Gasteiger partial charge in [0.1, 0.15) is 6.17 Å². The van der Waals surface area contributed by atoms with Gasteiger partial charge >= 0.3 is 0 Å². The van der Waals surface area contributed by atoms with Gasteiger partial charge in [-0.05, 0) is 51.6 Å². The molecule has 13 heavy (non-hydrogen) atoms. The molecule has 1 saturated carbocycles. The fourth-order valence-corrected chi connectivity index (χ4v) is 2.15. The van der Waals surface area contributed by atoms with E-state index in [0.29, 0.717) is 0 Å². The van der Waals surface area contributed by atoms with Gasteiger partial charge in [-0.15, -0.1) is 0 Å². The van der Waals surface area contributed by atoms with Gasteiger partial charge in [0.05, 0.1) is 0 Å². The molecule has 0 saturated heterocycles. The maximum Gasteiger partial charge on any atom is 0.100 e. The first kappa shape index (κ1) is 11.0. The van der Waals surface area contributed by atoms with E-state index in [2.05, 4.69) is 5.32 Å². The fraction of sp³-hybridized carbons (Fsp3) is 1.00. The maximum absolute atomic E-state index is 12.8. The minimum absolute atomic E-state index is 0.492. The fourth-order valence-electron chi connectivity index (χ4n) is 2.15. The van der Waals surface area contributed by atoms with Crippen molar-refractivity contribution in [3.05, 3.63) is 0 Å². The molecule has 1 aliphatic rings. The van der Waals surface area contributed by atoms with Gasteiger partial charge in [-0.1, -0.05) is 12.8 Å². The van der Waals surface area contributed by atoms with E-state index in [9.17, 15) is 4.39 Å². The normalized spacial score (nSPS) is 29.1. The molecular weight excluding hydrogens is 165 g/mol. The van der Waals surface area contributed by atoms with E-state index < -0.39 is 6.17 Å². The molecule has 0 aromatic rings. The molecule has 1 fully saturated rings. The van der Waals surface area contributed by atoms with Gasteiger partial charge in [-0.2, -0.15) is 0 Å². The van der Waals surface area contributed by atoms with Crippen molar-refractivity contribution < 1.29 is 4.39 Å². The average molecular weight is 187 g/mol. The van der Waals surface area contributed by atoms with Crippen LogP contribution in [-0.2, 0) is 0 Å². The van der Waals surface area contributed by atoms with Crippen molar-refractivity contribution in [1.29, 1.82) is 0 Å². The average Bonchev–Trinajstić information content (AvgIpc) is 2.15. The Bertz CT molecular complexity index is 119. The minimum Gasteiger partial charge on any atom is -0.320 e. The van der Waals surface area contributed by atoms with Crippen molar-refractivity contribution in [3.63, 3.8) is 0 Å².